The highest BCUT2D eigenvalue weighted by Crippen LogP contribution is 2.40. The monoisotopic (exact) mass is 295 g/mol. The molecule has 21 heavy (non-hydrogen) atoms. The molecule has 1 saturated carbocycles. The van der Waals surface area contributed by atoms with Crippen molar-refractivity contribution in [2.24, 2.45) is 0 Å². The molecule has 0 aromatic carbocycles. The summed E-state index contributed by atoms with van der Waals surface area (Å²) in [6.07, 6.45) is -1.24. The average molecular weight is 295 g/mol. The topological polar surface area (TPSA) is 69.1 Å². The van der Waals surface area contributed by atoms with Gasteiger partial charge >= 0.3 is 6.18 Å². The maximum absolute atomic E-state index is 12.6. The minimum absolute atomic E-state index is 0.0575. The predicted octanol–water partition coefficient (Wildman–Crippen LogP) is 2.68. The molecule has 0 bridgehead atoms. The highest BCUT2D eigenvalue weighted by molar-refractivity contribution is 5.58. The molecule has 1 fully saturated rings. The number of alkyl halides is 3. The molecular weight excluding hydrogens is 287 g/mol. The van der Waals surface area contributed by atoms with Crippen molar-refractivity contribution >= 4 is 5.78 Å². The average Bonchev–Trinajstić information content (AvgIpc) is 2.98. The van der Waals surface area contributed by atoms with Gasteiger partial charge in [0.2, 0.25) is 5.76 Å². The van der Waals surface area contributed by atoms with Crippen LogP contribution in [0.3, 0.4) is 0 Å². The first-order valence-corrected chi connectivity index (χ1v) is 6.27. The minimum Gasteiger partial charge on any atom is -0.351 e. The molecular formula is C12H8F3N5O. The first kappa shape index (κ1) is 12.3. The van der Waals surface area contributed by atoms with Crippen molar-refractivity contribution in [1.29, 1.82) is 0 Å². The van der Waals surface area contributed by atoms with E-state index in [1.807, 2.05) is 0 Å². The highest BCUT2D eigenvalue weighted by Gasteiger charge is 2.36. The van der Waals surface area contributed by atoms with Gasteiger partial charge in [0, 0.05) is 17.7 Å². The molecule has 1 aliphatic rings. The largest absolute Gasteiger partial charge is 0.452 e. The normalized spacial score (nSPS) is 15.8. The van der Waals surface area contributed by atoms with E-state index in [1.54, 1.807) is 6.07 Å². The second-order valence-electron chi connectivity index (χ2n) is 4.89. The van der Waals surface area contributed by atoms with Gasteiger partial charge in [0.1, 0.15) is 12.0 Å². The maximum Gasteiger partial charge on any atom is 0.452 e. The van der Waals surface area contributed by atoms with Crippen LogP contribution in [0.15, 0.2) is 23.0 Å². The zero-order valence-electron chi connectivity index (χ0n) is 10.5. The molecule has 3 heterocycles. The third-order valence-corrected chi connectivity index (χ3v) is 3.32. The van der Waals surface area contributed by atoms with Crippen LogP contribution >= 0.6 is 0 Å². The zero-order chi connectivity index (χ0) is 14.6. The molecule has 0 radical (unpaired) electrons. The predicted molar refractivity (Wildman–Crippen MR) is 63.3 cm³/mol. The maximum atomic E-state index is 12.6. The van der Waals surface area contributed by atoms with Crippen LogP contribution < -0.4 is 0 Å². The fraction of sp³-hybridized carbons (Fsp3) is 0.333. The SMILES string of the molecule is FC(F)(F)c1cc(-c2cc(C3CC3)nc3ncnn23)no1. The molecule has 3 aromatic rings. The van der Waals surface area contributed by atoms with Crippen LogP contribution in [-0.2, 0) is 6.18 Å². The number of halogens is 3. The summed E-state index contributed by atoms with van der Waals surface area (Å²) in [6, 6.07) is 2.55. The molecule has 4 rings (SSSR count). The van der Waals surface area contributed by atoms with Crippen LogP contribution in [0.25, 0.3) is 17.2 Å². The first-order chi connectivity index (χ1) is 10.0. The Bertz CT molecular complexity index is 818. The molecule has 0 unspecified atom stereocenters. The summed E-state index contributed by atoms with van der Waals surface area (Å²) in [6.45, 7) is 0. The van der Waals surface area contributed by atoms with Crippen molar-refractivity contribution in [1.82, 2.24) is 24.7 Å². The number of fused-ring (bicyclic) bond motifs is 1. The third kappa shape index (κ3) is 2.05. The van der Waals surface area contributed by atoms with E-state index in [-0.39, 0.29) is 5.69 Å². The molecule has 0 aliphatic heterocycles. The van der Waals surface area contributed by atoms with Crippen LogP contribution in [0.2, 0.25) is 0 Å². The van der Waals surface area contributed by atoms with Gasteiger partial charge in [-0.15, -0.1) is 0 Å². The van der Waals surface area contributed by atoms with E-state index >= 15 is 0 Å². The lowest BCUT2D eigenvalue weighted by atomic mass is 10.2. The fourth-order valence-electron chi connectivity index (χ4n) is 2.13. The Morgan fingerprint density at radius 1 is 1.24 bits per heavy atom. The lowest BCUT2D eigenvalue weighted by Crippen LogP contribution is -2.02. The molecule has 1 aliphatic carbocycles. The summed E-state index contributed by atoms with van der Waals surface area (Å²) >= 11 is 0. The standard InChI is InChI=1S/C12H8F3N5O/c13-12(14,15)10-4-8(19-21-10)9-3-7(6-1-2-6)18-11-16-5-17-20(9)11/h3-6H,1-2H2. The van der Waals surface area contributed by atoms with Crippen molar-refractivity contribution in [2.45, 2.75) is 24.9 Å². The van der Waals surface area contributed by atoms with Crippen LogP contribution in [0, 0.1) is 0 Å². The van der Waals surface area contributed by atoms with Crippen molar-refractivity contribution in [3.8, 4) is 11.4 Å². The van der Waals surface area contributed by atoms with Gasteiger partial charge in [-0.3, -0.25) is 0 Å². The number of aromatic nitrogens is 5. The van der Waals surface area contributed by atoms with Gasteiger partial charge in [-0.25, -0.2) is 4.98 Å². The Morgan fingerprint density at radius 2 is 2.05 bits per heavy atom. The minimum atomic E-state index is -4.57. The Balaban J connectivity index is 1.88. The molecule has 108 valence electrons. The zero-order valence-corrected chi connectivity index (χ0v) is 10.5. The second-order valence-corrected chi connectivity index (χ2v) is 4.89. The van der Waals surface area contributed by atoms with Crippen molar-refractivity contribution in [3.05, 3.63) is 29.9 Å². The fourth-order valence-corrected chi connectivity index (χ4v) is 2.13. The quantitative estimate of drug-likeness (QED) is 0.727. The van der Waals surface area contributed by atoms with Gasteiger partial charge in [-0.2, -0.15) is 27.8 Å². The molecule has 0 atom stereocenters. The lowest BCUT2D eigenvalue weighted by molar-refractivity contribution is -0.155. The number of hydrogen-bond acceptors (Lipinski definition) is 5. The molecule has 0 spiro atoms. The summed E-state index contributed by atoms with van der Waals surface area (Å²) in [5.74, 6) is -0.471. The van der Waals surface area contributed by atoms with E-state index in [4.69, 9.17) is 0 Å². The highest BCUT2D eigenvalue weighted by atomic mass is 19.4. The molecule has 3 aromatic heterocycles. The van der Waals surface area contributed by atoms with E-state index in [0.717, 1.165) is 24.6 Å². The van der Waals surface area contributed by atoms with Crippen LogP contribution in [0.5, 0.6) is 0 Å². The summed E-state index contributed by atoms with van der Waals surface area (Å²) < 4.78 is 43.5. The van der Waals surface area contributed by atoms with E-state index in [9.17, 15) is 13.2 Å². The summed E-state index contributed by atoms with van der Waals surface area (Å²) in [7, 11) is 0. The number of nitrogens with zero attached hydrogens (tertiary/aromatic N) is 5. The summed E-state index contributed by atoms with van der Waals surface area (Å²) in [4.78, 5) is 8.34. The van der Waals surface area contributed by atoms with E-state index < -0.39 is 11.9 Å². The van der Waals surface area contributed by atoms with Gasteiger partial charge in [-0.05, 0) is 18.9 Å². The van der Waals surface area contributed by atoms with E-state index in [0.29, 0.717) is 17.4 Å². The van der Waals surface area contributed by atoms with Crippen molar-refractivity contribution < 1.29 is 17.7 Å². The molecule has 0 N–H and O–H groups in total. The second kappa shape index (κ2) is 4.03. The van der Waals surface area contributed by atoms with E-state index in [2.05, 4.69) is 24.7 Å². The summed E-state index contributed by atoms with van der Waals surface area (Å²) in [5.41, 5.74) is 1.24. The Kier molecular flexibility index (Phi) is 2.36. The number of hydrogen-bond donors (Lipinski definition) is 0. The van der Waals surface area contributed by atoms with Crippen LogP contribution in [0.1, 0.15) is 30.2 Å². The van der Waals surface area contributed by atoms with Gasteiger partial charge in [0.25, 0.3) is 5.78 Å². The molecule has 6 nitrogen and oxygen atoms in total. The Labute approximate surface area is 115 Å². The first-order valence-electron chi connectivity index (χ1n) is 6.27. The third-order valence-electron chi connectivity index (χ3n) is 3.32. The van der Waals surface area contributed by atoms with Crippen molar-refractivity contribution in [3.63, 3.8) is 0 Å². The van der Waals surface area contributed by atoms with Crippen LogP contribution in [0.4, 0.5) is 13.2 Å². The molecule has 0 amide bonds. The Morgan fingerprint density at radius 3 is 2.71 bits per heavy atom. The molecule has 9 heteroatoms. The van der Waals surface area contributed by atoms with Gasteiger partial charge in [0.15, 0.2) is 0 Å². The van der Waals surface area contributed by atoms with Crippen LogP contribution in [-0.4, -0.2) is 24.7 Å². The van der Waals surface area contributed by atoms with Gasteiger partial charge in [0.05, 0.1) is 5.69 Å². The van der Waals surface area contributed by atoms with Gasteiger partial charge < -0.3 is 4.52 Å². The Hall–Kier alpha value is -2.45. The van der Waals surface area contributed by atoms with Gasteiger partial charge in [-0.1, -0.05) is 5.16 Å². The lowest BCUT2D eigenvalue weighted by Gasteiger charge is -2.03. The number of rotatable bonds is 2. The van der Waals surface area contributed by atoms with Crippen molar-refractivity contribution in [2.75, 3.05) is 0 Å². The summed E-state index contributed by atoms with van der Waals surface area (Å²) in [5, 5.41) is 7.46. The smallest absolute Gasteiger partial charge is 0.351 e. The van der Waals surface area contributed by atoms with E-state index in [1.165, 1.54) is 10.8 Å². The molecule has 0 saturated heterocycles.